The quantitative estimate of drug-likeness (QED) is 0.674. The van der Waals surface area contributed by atoms with Crippen LogP contribution < -0.4 is 10.6 Å². The first-order chi connectivity index (χ1) is 9.33. The summed E-state index contributed by atoms with van der Waals surface area (Å²) in [6.07, 6.45) is 2.98. The molecule has 0 spiro atoms. The van der Waals surface area contributed by atoms with Gasteiger partial charge in [-0.15, -0.1) is 0 Å². The van der Waals surface area contributed by atoms with Gasteiger partial charge in [-0.2, -0.15) is 0 Å². The summed E-state index contributed by atoms with van der Waals surface area (Å²) in [6, 6.07) is 9.67. The van der Waals surface area contributed by atoms with Crippen LogP contribution in [0.3, 0.4) is 0 Å². The molecule has 1 amide bonds. The second kappa shape index (κ2) is 10.4. The minimum absolute atomic E-state index is 0.321. The van der Waals surface area contributed by atoms with E-state index in [0.717, 1.165) is 25.1 Å². The Morgan fingerprint density at radius 1 is 1.11 bits per heavy atom. The van der Waals surface area contributed by atoms with Gasteiger partial charge in [0.2, 0.25) is 0 Å². The smallest absolute Gasteiger partial charge is 0.407 e. The Labute approximate surface area is 115 Å². The number of nitrogens with one attached hydrogen (secondary N) is 2. The van der Waals surface area contributed by atoms with Crippen molar-refractivity contribution >= 4 is 6.09 Å². The highest BCUT2D eigenvalue weighted by molar-refractivity contribution is 5.67. The highest BCUT2D eigenvalue weighted by Gasteiger charge is 2.01. The summed E-state index contributed by atoms with van der Waals surface area (Å²) < 4.78 is 5.10. The molecular weight excluding hydrogens is 240 g/mol. The normalized spacial score (nSPS) is 10.2. The minimum atomic E-state index is -0.350. The number of unbranched alkanes of at least 4 members (excludes halogenated alkanes) is 1. The molecule has 0 aliphatic rings. The van der Waals surface area contributed by atoms with E-state index in [0.29, 0.717) is 13.2 Å². The third-order valence-corrected chi connectivity index (χ3v) is 2.72. The second-order valence-corrected chi connectivity index (χ2v) is 4.45. The lowest BCUT2D eigenvalue weighted by Crippen LogP contribution is -2.28. The SMILES string of the molecule is CCCCNCCCNC(=O)OCc1ccccc1. The number of amides is 1. The highest BCUT2D eigenvalue weighted by atomic mass is 16.5. The average molecular weight is 264 g/mol. The monoisotopic (exact) mass is 264 g/mol. The molecule has 0 saturated carbocycles. The average Bonchev–Trinajstić information content (AvgIpc) is 2.45. The number of ether oxygens (including phenoxy) is 1. The van der Waals surface area contributed by atoms with Gasteiger partial charge in [0.25, 0.3) is 0 Å². The molecule has 0 saturated heterocycles. The van der Waals surface area contributed by atoms with Crippen LogP contribution in [0.25, 0.3) is 0 Å². The number of hydrogen-bond acceptors (Lipinski definition) is 3. The number of carbonyl (C=O) groups is 1. The lowest BCUT2D eigenvalue weighted by atomic mass is 10.2. The molecule has 106 valence electrons. The first-order valence-electron chi connectivity index (χ1n) is 6.98. The van der Waals surface area contributed by atoms with Gasteiger partial charge in [0.1, 0.15) is 6.61 Å². The standard InChI is InChI=1S/C15H24N2O2/c1-2-3-10-16-11-7-12-17-15(18)19-13-14-8-5-4-6-9-14/h4-6,8-9,16H,2-3,7,10-13H2,1H3,(H,17,18). The number of hydrogen-bond donors (Lipinski definition) is 2. The van der Waals surface area contributed by atoms with Gasteiger partial charge < -0.3 is 15.4 Å². The number of carbonyl (C=O) groups excluding carboxylic acids is 1. The van der Waals surface area contributed by atoms with Crippen molar-refractivity contribution in [3.63, 3.8) is 0 Å². The van der Waals surface area contributed by atoms with E-state index < -0.39 is 0 Å². The minimum Gasteiger partial charge on any atom is -0.445 e. The van der Waals surface area contributed by atoms with Gasteiger partial charge in [-0.1, -0.05) is 43.7 Å². The molecular formula is C15H24N2O2. The highest BCUT2D eigenvalue weighted by Crippen LogP contribution is 2.00. The van der Waals surface area contributed by atoms with Crippen LogP contribution in [-0.4, -0.2) is 25.7 Å². The first kappa shape index (κ1) is 15.5. The van der Waals surface area contributed by atoms with E-state index in [-0.39, 0.29) is 6.09 Å². The van der Waals surface area contributed by atoms with Crippen LogP contribution in [0.15, 0.2) is 30.3 Å². The Morgan fingerprint density at radius 3 is 2.58 bits per heavy atom. The van der Waals surface area contributed by atoms with E-state index in [1.807, 2.05) is 30.3 Å². The van der Waals surface area contributed by atoms with E-state index in [1.54, 1.807) is 0 Å². The molecule has 1 rings (SSSR count). The Kier molecular flexibility index (Phi) is 8.47. The molecule has 0 aromatic heterocycles. The van der Waals surface area contributed by atoms with Crippen LogP contribution in [0.2, 0.25) is 0 Å². The molecule has 2 N–H and O–H groups in total. The number of alkyl carbamates (subject to hydrolysis) is 1. The van der Waals surface area contributed by atoms with Crippen molar-refractivity contribution in [2.45, 2.75) is 32.8 Å². The fourth-order valence-corrected chi connectivity index (χ4v) is 1.60. The molecule has 0 aliphatic heterocycles. The van der Waals surface area contributed by atoms with Crippen molar-refractivity contribution in [1.82, 2.24) is 10.6 Å². The lowest BCUT2D eigenvalue weighted by molar-refractivity contribution is 0.139. The Bertz CT molecular complexity index is 341. The molecule has 0 atom stereocenters. The molecule has 0 heterocycles. The first-order valence-corrected chi connectivity index (χ1v) is 6.98. The summed E-state index contributed by atoms with van der Waals surface area (Å²) in [5, 5.41) is 6.07. The summed E-state index contributed by atoms with van der Waals surface area (Å²) in [4.78, 5) is 11.4. The molecule has 19 heavy (non-hydrogen) atoms. The van der Waals surface area contributed by atoms with E-state index in [9.17, 15) is 4.79 Å². The molecule has 4 nitrogen and oxygen atoms in total. The second-order valence-electron chi connectivity index (χ2n) is 4.45. The predicted molar refractivity (Wildman–Crippen MR) is 77.0 cm³/mol. The maximum absolute atomic E-state index is 11.4. The van der Waals surface area contributed by atoms with Gasteiger partial charge in [-0.3, -0.25) is 0 Å². The van der Waals surface area contributed by atoms with Gasteiger partial charge in [0.05, 0.1) is 0 Å². The van der Waals surface area contributed by atoms with Crippen molar-refractivity contribution in [2.75, 3.05) is 19.6 Å². The maximum Gasteiger partial charge on any atom is 0.407 e. The van der Waals surface area contributed by atoms with Gasteiger partial charge in [0.15, 0.2) is 0 Å². The van der Waals surface area contributed by atoms with Gasteiger partial charge in [-0.25, -0.2) is 4.79 Å². The zero-order chi connectivity index (χ0) is 13.8. The van der Waals surface area contributed by atoms with Crippen LogP contribution in [0.1, 0.15) is 31.7 Å². The van der Waals surface area contributed by atoms with E-state index in [2.05, 4.69) is 17.6 Å². The van der Waals surface area contributed by atoms with Crippen LogP contribution in [0.5, 0.6) is 0 Å². The van der Waals surface area contributed by atoms with Crippen molar-refractivity contribution in [1.29, 1.82) is 0 Å². The van der Waals surface area contributed by atoms with Gasteiger partial charge >= 0.3 is 6.09 Å². The molecule has 0 radical (unpaired) electrons. The number of benzene rings is 1. The summed E-state index contributed by atoms with van der Waals surface area (Å²) in [6.45, 7) is 5.12. The Hall–Kier alpha value is -1.55. The summed E-state index contributed by atoms with van der Waals surface area (Å²) in [7, 11) is 0. The van der Waals surface area contributed by atoms with E-state index >= 15 is 0 Å². The fourth-order valence-electron chi connectivity index (χ4n) is 1.60. The largest absolute Gasteiger partial charge is 0.445 e. The van der Waals surface area contributed by atoms with E-state index in [4.69, 9.17) is 4.74 Å². The van der Waals surface area contributed by atoms with Crippen LogP contribution in [0.4, 0.5) is 4.79 Å². The fraction of sp³-hybridized carbons (Fsp3) is 0.533. The Morgan fingerprint density at radius 2 is 1.84 bits per heavy atom. The third-order valence-electron chi connectivity index (χ3n) is 2.72. The molecule has 1 aromatic carbocycles. The maximum atomic E-state index is 11.4. The topological polar surface area (TPSA) is 50.4 Å². The molecule has 4 heteroatoms. The summed E-state index contributed by atoms with van der Waals surface area (Å²) >= 11 is 0. The van der Waals surface area contributed by atoms with Crippen LogP contribution in [-0.2, 0) is 11.3 Å². The zero-order valence-electron chi connectivity index (χ0n) is 11.7. The van der Waals surface area contributed by atoms with Crippen LogP contribution >= 0.6 is 0 Å². The summed E-state index contributed by atoms with van der Waals surface area (Å²) in [5.41, 5.74) is 0.999. The molecule has 0 fully saturated rings. The van der Waals surface area contributed by atoms with Crippen LogP contribution in [0, 0.1) is 0 Å². The van der Waals surface area contributed by atoms with Crippen molar-refractivity contribution in [3.05, 3.63) is 35.9 Å². The third kappa shape index (κ3) is 8.21. The number of rotatable bonds is 9. The van der Waals surface area contributed by atoms with Crippen molar-refractivity contribution in [3.8, 4) is 0 Å². The molecule has 0 aliphatic carbocycles. The summed E-state index contributed by atoms with van der Waals surface area (Å²) in [5.74, 6) is 0. The van der Waals surface area contributed by atoms with Crippen molar-refractivity contribution < 1.29 is 9.53 Å². The van der Waals surface area contributed by atoms with Crippen molar-refractivity contribution in [2.24, 2.45) is 0 Å². The van der Waals surface area contributed by atoms with Gasteiger partial charge in [0, 0.05) is 6.54 Å². The molecule has 1 aromatic rings. The lowest BCUT2D eigenvalue weighted by Gasteiger charge is -2.07. The zero-order valence-corrected chi connectivity index (χ0v) is 11.7. The van der Waals surface area contributed by atoms with Gasteiger partial charge in [-0.05, 0) is 31.5 Å². The Balaban J connectivity index is 1.96. The molecule has 0 unspecified atom stereocenters. The van der Waals surface area contributed by atoms with E-state index in [1.165, 1.54) is 12.8 Å². The molecule has 0 bridgehead atoms. The predicted octanol–water partition coefficient (Wildman–Crippen LogP) is 2.69.